The molecule has 0 fully saturated rings. The maximum atomic E-state index is 13.3. The average molecular weight is 389 g/mol. The number of rotatable bonds is 7. The van der Waals surface area contributed by atoms with Crippen LogP contribution in [0.2, 0.25) is 0 Å². The van der Waals surface area contributed by atoms with Crippen LogP contribution in [0.25, 0.3) is 0 Å². The highest BCUT2D eigenvalue weighted by molar-refractivity contribution is 5.99. The van der Waals surface area contributed by atoms with Crippen molar-refractivity contribution in [1.29, 1.82) is 0 Å². The summed E-state index contributed by atoms with van der Waals surface area (Å²) in [5.74, 6) is 2.01. The van der Waals surface area contributed by atoms with Crippen molar-refractivity contribution in [1.82, 2.24) is 9.55 Å². The molecule has 0 saturated heterocycles. The van der Waals surface area contributed by atoms with Gasteiger partial charge in [0.05, 0.1) is 7.11 Å². The fraction of sp³-hybridized carbons (Fsp3) is 0.360. The van der Waals surface area contributed by atoms with Crippen LogP contribution in [0.1, 0.15) is 52.6 Å². The number of ether oxygens (including phenoxy) is 1. The molecule has 0 aliphatic heterocycles. The molecule has 29 heavy (non-hydrogen) atoms. The summed E-state index contributed by atoms with van der Waals surface area (Å²) in [5, 5.41) is 0. The Labute approximate surface area is 172 Å². The van der Waals surface area contributed by atoms with Gasteiger partial charge in [-0.15, -0.1) is 0 Å². The SMILES string of the molecule is COc1ccc(C(=O)C(C)Cn2ccnc2Cc2ccccc2)c2c1CCCC2. The van der Waals surface area contributed by atoms with Crippen molar-refractivity contribution in [3.05, 3.63) is 82.9 Å². The fourth-order valence-corrected chi connectivity index (χ4v) is 4.35. The number of ketones is 1. The zero-order chi connectivity index (χ0) is 20.2. The molecule has 0 bridgehead atoms. The van der Waals surface area contributed by atoms with Gasteiger partial charge in [0, 0.05) is 36.8 Å². The van der Waals surface area contributed by atoms with E-state index in [4.69, 9.17) is 4.74 Å². The Balaban J connectivity index is 1.54. The second kappa shape index (κ2) is 8.64. The Kier molecular flexibility index (Phi) is 5.79. The summed E-state index contributed by atoms with van der Waals surface area (Å²) in [4.78, 5) is 17.9. The monoisotopic (exact) mass is 388 g/mol. The van der Waals surface area contributed by atoms with Crippen molar-refractivity contribution in [3.63, 3.8) is 0 Å². The number of benzene rings is 2. The van der Waals surface area contributed by atoms with E-state index < -0.39 is 0 Å². The van der Waals surface area contributed by atoms with Crippen LogP contribution in [0, 0.1) is 5.92 Å². The maximum absolute atomic E-state index is 13.3. The molecule has 1 aromatic heterocycles. The fourth-order valence-electron chi connectivity index (χ4n) is 4.35. The van der Waals surface area contributed by atoms with E-state index in [0.29, 0.717) is 6.54 Å². The van der Waals surface area contributed by atoms with Gasteiger partial charge in [0.1, 0.15) is 11.6 Å². The first-order chi connectivity index (χ1) is 14.2. The first-order valence-corrected chi connectivity index (χ1v) is 10.4. The van der Waals surface area contributed by atoms with Crippen LogP contribution in [0.15, 0.2) is 54.9 Å². The predicted octanol–water partition coefficient (Wildman–Crippen LogP) is 4.88. The van der Waals surface area contributed by atoms with E-state index in [0.717, 1.165) is 49.2 Å². The minimum Gasteiger partial charge on any atom is -0.496 e. The molecule has 1 aliphatic rings. The highest BCUT2D eigenvalue weighted by atomic mass is 16.5. The Morgan fingerprint density at radius 3 is 2.62 bits per heavy atom. The van der Waals surface area contributed by atoms with E-state index in [1.165, 1.54) is 16.7 Å². The summed E-state index contributed by atoms with van der Waals surface area (Å²) in [6.07, 6.45) is 8.83. The number of fused-ring (bicyclic) bond motifs is 1. The van der Waals surface area contributed by atoms with Gasteiger partial charge in [-0.2, -0.15) is 0 Å². The van der Waals surface area contributed by atoms with Gasteiger partial charge in [-0.05, 0) is 54.5 Å². The lowest BCUT2D eigenvalue weighted by molar-refractivity contribution is 0.0916. The smallest absolute Gasteiger partial charge is 0.167 e. The van der Waals surface area contributed by atoms with E-state index in [2.05, 4.69) is 21.7 Å². The molecular formula is C25H28N2O2. The summed E-state index contributed by atoms with van der Waals surface area (Å²) in [6, 6.07) is 14.2. The zero-order valence-electron chi connectivity index (χ0n) is 17.2. The van der Waals surface area contributed by atoms with Crippen LogP contribution in [-0.4, -0.2) is 22.4 Å². The van der Waals surface area contributed by atoms with Crippen molar-refractivity contribution in [2.75, 3.05) is 7.11 Å². The minimum absolute atomic E-state index is 0.113. The topological polar surface area (TPSA) is 44.1 Å². The molecule has 1 heterocycles. The molecule has 1 aliphatic carbocycles. The van der Waals surface area contributed by atoms with Gasteiger partial charge in [0.25, 0.3) is 0 Å². The third-order valence-electron chi connectivity index (χ3n) is 5.90. The lowest BCUT2D eigenvalue weighted by atomic mass is 9.84. The number of aromatic nitrogens is 2. The highest BCUT2D eigenvalue weighted by Gasteiger charge is 2.24. The standard InChI is InChI=1S/C25H28N2O2/c1-18(17-27-15-14-26-24(27)16-19-8-4-3-5-9-19)25(28)22-12-13-23(29-2)21-11-7-6-10-20(21)22/h3-5,8-9,12-15,18H,6-7,10-11,16-17H2,1-2H3. The van der Waals surface area contributed by atoms with Crippen LogP contribution in [-0.2, 0) is 25.8 Å². The summed E-state index contributed by atoms with van der Waals surface area (Å²) in [7, 11) is 1.71. The summed E-state index contributed by atoms with van der Waals surface area (Å²) < 4.78 is 7.66. The third kappa shape index (κ3) is 4.12. The van der Waals surface area contributed by atoms with Crippen molar-refractivity contribution in [2.45, 2.75) is 45.6 Å². The first-order valence-electron chi connectivity index (χ1n) is 10.4. The van der Waals surface area contributed by atoms with Crippen molar-refractivity contribution >= 4 is 5.78 Å². The van der Waals surface area contributed by atoms with Crippen molar-refractivity contribution < 1.29 is 9.53 Å². The normalized spacial score (nSPS) is 14.3. The Bertz CT molecular complexity index is 991. The second-order valence-corrected chi connectivity index (χ2v) is 7.90. The molecule has 4 nitrogen and oxygen atoms in total. The minimum atomic E-state index is -0.113. The van der Waals surface area contributed by atoms with Gasteiger partial charge in [-0.25, -0.2) is 4.98 Å². The molecule has 1 atom stereocenters. The summed E-state index contributed by atoms with van der Waals surface area (Å²) >= 11 is 0. The molecule has 0 saturated carbocycles. The first kappa shape index (κ1) is 19.4. The van der Waals surface area contributed by atoms with Gasteiger partial charge in [0.2, 0.25) is 0 Å². The molecule has 3 aromatic rings. The van der Waals surface area contributed by atoms with Crippen molar-refractivity contribution in [3.8, 4) is 5.75 Å². The molecule has 150 valence electrons. The predicted molar refractivity (Wildman–Crippen MR) is 115 cm³/mol. The second-order valence-electron chi connectivity index (χ2n) is 7.90. The Morgan fingerprint density at radius 2 is 1.86 bits per heavy atom. The van der Waals surface area contributed by atoms with E-state index in [1.807, 2.05) is 49.6 Å². The largest absolute Gasteiger partial charge is 0.496 e. The van der Waals surface area contributed by atoms with Crippen LogP contribution in [0.5, 0.6) is 5.75 Å². The van der Waals surface area contributed by atoms with Crippen LogP contribution >= 0.6 is 0 Å². The molecule has 0 radical (unpaired) electrons. The highest BCUT2D eigenvalue weighted by Crippen LogP contribution is 2.33. The zero-order valence-corrected chi connectivity index (χ0v) is 17.2. The lowest BCUT2D eigenvalue weighted by Gasteiger charge is -2.23. The van der Waals surface area contributed by atoms with E-state index in [9.17, 15) is 4.79 Å². The molecular weight excluding hydrogens is 360 g/mol. The van der Waals surface area contributed by atoms with E-state index in [-0.39, 0.29) is 11.7 Å². The Morgan fingerprint density at radius 1 is 1.10 bits per heavy atom. The molecule has 1 unspecified atom stereocenters. The van der Waals surface area contributed by atoms with Crippen molar-refractivity contribution in [2.24, 2.45) is 5.92 Å². The van der Waals surface area contributed by atoms with Gasteiger partial charge < -0.3 is 9.30 Å². The number of hydrogen-bond donors (Lipinski definition) is 0. The lowest BCUT2D eigenvalue weighted by Crippen LogP contribution is -2.21. The summed E-state index contributed by atoms with van der Waals surface area (Å²) in [5.41, 5.74) is 4.52. The van der Waals surface area contributed by atoms with Crippen LogP contribution < -0.4 is 4.74 Å². The number of carbonyl (C=O) groups excluding carboxylic acids is 1. The molecule has 0 amide bonds. The van der Waals surface area contributed by atoms with E-state index >= 15 is 0 Å². The molecule has 0 N–H and O–H groups in total. The average Bonchev–Trinajstić information content (AvgIpc) is 3.19. The number of nitrogens with zero attached hydrogens (tertiary/aromatic N) is 2. The number of methoxy groups -OCH3 is 1. The molecule has 4 rings (SSSR count). The van der Waals surface area contributed by atoms with Crippen LogP contribution in [0.4, 0.5) is 0 Å². The molecule has 0 spiro atoms. The van der Waals surface area contributed by atoms with E-state index in [1.54, 1.807) is 7.11 Å². The van der Waals surface area contributed by atoms with Gasteiger partial charge in [-0.1, -0.05) is 37.3 Å². The van der Waals surface area contributed by atoms with Gasteiger partial charge in [-0.3, -0.25) is 4.79 Å². The molecule has 4 heteroatoms. The summed E-state index contributed by atoms with van der Waals surface area (Å²) in [6.45, 7) is 2.66. The number of imidazole rings is 1. The Hall–Kier alpha value is -2.88. The van der Waals surface area contributed by atoms with Gasteiger partial charge in [0.15, 0.2) is 5.78 Å². The van der Waals surface area contributed by atoms with Gasteiger partial charge >= 0.3 is 0 Å². The maximum Gasteiger partial charge on any atom is 0.167 e. The third-order valence-corrected chi connectivity index (χ3v) is 5.90. The number of hydrogen-bond acceptors (Lipinski definition) is 3. The molecule has 2 aromatic carbocycles. The number of carbonyl (C=O) groups is 1. The quantitative estimate of drug-likeness (QED) is 0.542. The van der Waals surface area contributed by atoms with Crippen LogP contribution in [0.3, 0.4) is 0 Å². The number of Topliss-reactive ketones (excluding diaryl/α,β-unsaturated/α-hetero) is 1.